The van der Waals surface area contributed by atoms with Crippen LogP contribution in [0.1, 0.15) is 18.4 Å². The molecule has 0 bridgehead atoms. The van der Waals surface area contributed by atoms with Gasteiger partial charge in [-0.2, -0.15) is 0 Å². The Hall–Kier alpha value is -2.67. The summed E-state index contributed by atoms with van der Waals surface area (Å²) >= 11 is 0. The Morgan fingerprint density at radius 1 is 1.04 bits per heavy atom. The molecule has 0 amide bonds. The Balaban J connectivity index is 1.91. The maximum Gasteiger partial charge on any atom is 0.367 e. The fourth-order valence-corrected chi connectivity index (χ4v) is 4.37. The van der Waals surface area contributed by atoms with Crippen LogP contribution in [-0.4, -0.2) is 25.3 Å². The summed E-state index contributed by atoms with van der Waals surface area (Å²) in [6.45, 7) is -0.108. The lowest BCUT2D eigenvalue weighted by Gasteiger charge is -2.25. The molecule has 25 heavy (non-hydrogen) atoms. The smallest absolute Gasteiger partial charge is 0.367 e. The number of rotatable bonds is 5. The fourth-order valence-electron chi connectivity index (χ4n) is 2.62. The molecule has 1 heterocycles. The number of carbonyl (C=O) groups excluding carboxylic acids is 2. The maximum atomic E-state index is 13.0. The molecule has 2 aromatic rings. The van der Waals surface area contributed by atoms with Crippen LogP contribution in [0.5, 0.6) is 0 Å². The topological polar surface area (TPSA) is 86.7 Å². The Morgan fingerprint density at radius 2 is 1.64 bits per heavy atom. The van der Waals surface area contributed by atoms with Gasteiger partial charge in [-0.05, 0) is 17.7 Å². The van der Waals surface area contributed by atoms with Crippen LogP contribution in [0.3, 0.4) is 0 Å². The van der Waals surface area contributed by atoms with E-state index in [1.54, 1.807) is 30.3 Å². The summed E-state index contributed by atoms with van der Waals surface area (Å²) in [6, 6.07) is 16.3. The lowest BCUT2D eigenvalue weighted by atomic mass is 10.2. The van der Waals surface area contributed by atoms with Crippen molar-refractivity contribution in [3.05, 3.63) is 66.2 Å². The molecule has 130 valence electrons. The second-order valence-corrected chi connectivity index (χ2v) is 7.74. The summed E-state index contributed by atoms with van der Waals surface area (Å²) in [5.41, 5.74) is 0.701. The highest BCUT2D eigenvalue weighted by Crippen LogP contribution is 2.38. The Labute approximate surface area is 145 Å². The van der Waals surface area contributed by atoms with Gasteiger partial charge in [0.1, 0.15) is 6.61 Å². The highest BCUT2D eigenvalue weighted by atomic mass is 32.2. The summed E-state index contributed by atoms with van der Waals surface area (Å²) in [5.74, 6) is -1.82. The van der Waals surface area contributed by atoms with E-state index in [0.717, 1.165) is 0 Å². The molecule has 2 aromatic carbocycles. The van der Waals surface area contributed by atoms with Gasteiger partial charge in [0.25, 0.3) is 0 Å². The zero-order chi connectivity index (χ0) is 17.9. The van der Waals surface area contributed by atoms with E-state index in [-0.39, 0.29) is 24.3 Å². The molecule has 1 fully saturated rings. The zero-order valence-electron chi connectivity index (χ0n) is 13.3. The van der Waals surface area contributed by atoms with Gasteiger partial charge in [0.15, 0.2) is 0 Å². The van der Waals surface area contributed by atoms with Crippen LogP contribution >= 0.6 is 0 Å². The molecule has 7 heteroatoms. The van der Waals surface area contributed by atoms with Crippen LogP contribution in [0.15, 0.2) is 65.6 Å². The van der Waals surface area contributed by atoms with Gasteiger partial charge in [0.05, 0.1) is 11.3 Å². The number of cyclic esters (lactones) is 1. The van der Waals surface area contributed by atoms with Crippen molar-refractivity contribution in [2.75, 3.05) is 0 Å². The molecule has 0 aliphatic carbocycles. The van der Waals surface area contributed by atoms with Gasteiger partial charge in [-0.3, -0.25) is 4.79 Å². The first kappa shape index (κ1) is 17.2. The predicted molar refractivity (Wildman–Crippen MR) is 87.9 cm³/mol. The highest BCUT2D eigenvalue weighted by Gasteiger charge is 2.59. The standard InChI is InChI=1S/C18H16O6S/c19-16-11-12-18(24-16,25(21,22)15-9-5-2-6-10-15)17(20)23-13-14-7-3-1-4-8-14/h1-10H,11-13H2. The number of ether oxygens (including phenoxy) is 2. The van der Waals surface area contributed by atoms with Crippen molar-refractivity contribution in [2.45, 2.75) is 29.3 Å². The molecule has 1 aliphatic rings. The SMILES string of the molecule is O=C1CCC(C(=O)OCc2ccccc2)(S(=O)(=O)c2ccccc2)O1. The number of esters is 2. The third-order valence-corrected chi connectivity index (χ3v) is 6.16. The van der Waals surface area contributed by atoms with Crippen molar-refractivity contribution in [2.24, 2.45) is 0 Å². The van der Waals surface area contributed by atoms with Crippen LogP contribution in [0.4, 0.5) is 0 Å². The third-order valence-electron chi connectivity index (χ3n) is 3.95. The van der Waals surface area contributed by atoms with Crippen molar-refractivity contribution in [3.63, 3.8) is 0 Å². The van der Waals surface area contributed by atoms with Crippen LogP contribution < -0.4 is 0 Å². The average molecular weight is 360 g/mol. The van der Waals surface area contributed by atoms with Crippen molar-refractivity contribution in [3.8, 4) is 0 Å². The Kier molecular flexibility index (Phi) is 4.59. The summed E-state index contributed by atoms with van der Waals surface area (Å²) in [7, 11) is -4.25. The predicted octanol–water partition coefficient (Wildman–Crippen LogP) is 2.24. The monoisotopic (exact) mass is 360 g/mol. The van der Waals surface area contributed by atoms with Crippen LogP contribution in [0.2, 0.25) is 0 Å². The van der Waals surface area contributed by atoms with Crippen molar-refractivity contribution < 1.29 is 27.5 Å². The van der Waals surface area contributed by atoms with Crippen LogP contribution in [0, 0.1) is 0 Å². The summed E-state index contributed by atoms with van der Waals surface area (Å²) < 4.78 is 36.1. The molecule has 1 atom stereocenters. The van der Waals surface area contributed by atoms with E-state index < -0.39 is 26.7 Å². The summed E-state index contributed by atoms with van der Waals surface area (Å²) in [4.78, 5) is 21.8. The minimum absolute atomic E-state index is 0.0960. The van der Waals surface area contributed by atoms with Crippen molar-refractivity contribution in [1.82, 2.24) is 0 Å². The van der Waals surface area contributed by atoms with Gasteiger partial charge in [-0.15, -0.1) is 0 Å². The van der Waals surface area contributed by atoms with E-state index in [1.807, 2.05) is 6.07 Å². The Bertz CT molecular complexity index is 876. The molecule has 1 unspecified atom stereocenters. The number of hydrogen-bond donors (Lipinski definition) is 0. The van der Waals surface area contributed by atoms with E-state index in [0.29, 0.717) is 5.56 Å². The Morgan fingerprint density at radius 3 is 2.20 bits per heavy atom. The first-order valence-corrected chi connectivity index (χ1v) is 9.17. The number of hydrogen-bond acceptors (Lipinski definition) is 6. The average Bonchev–Trinajstić information content (AvgIpc) is 3.05. The van der Waals surface area contributed by atoms with Crippen molar-refractivity contribution >= 4 is 21.8 Å². The number of sulfone groups is 1. The second-order valence-electron chi connectivity index (χ2n) is 5.61. The third kappa shape index (κ3) is 3.15. The lowest BCUT2D eigenvalue weighted by Crippen LogP contribution is -2.47. The normalized spacial score (nSPS) is 20.1. The molecule has 0 spiro atoms. The van der Waals surface area contributed by atoms with Gasteiger partial charge in [-0.25, -0.2) is 13.2 Å². The van der Waals surface area contributed by atoms with E-state index in [4.69, 9.17) is 9.47 Å². The first-order chi connectivity index (χ1) is 12.0. The highest BCUT2D eigenvalue weighted by molar-refractivity contribution is 7.93. The van der Waals surface area contributed by atoms with Gasteiger partial charge < -0.3 is 9.47 Å². The van der Waals surface area contributed by atoms with Gasteiger partial charge in [0, 0.05) is 6.42 Å². The molecule has 0 aromatic heterocycles. The minimum atomic E-state index is -4.25. The zero-order valence-corrected chi connectivity index (χ0v) is 14.1. The summed E-state index contributed by atoms with van der Waals surface area (Å²) in [6.07, 6.45) is -0.427. The van der Waals surface area contributed by atoms with E-state index >= 15 is 0 Å². The largest absolute Gasteiger partial charge is 0.457 e. The van der Waals surface area contributed by atoms with Crippen LogP contribution in [0.25, 0.3) is 0 Å². The molecule has 6 nitrogen and oxygen atoms in total. The molecular weight excluding hydrogens is 344 g/mol. The van der Waals surface area contributed by atoms with E-state index in [2.05, 4.69) is 0 Å². The van der Waals surface area contributed by atoms with Crippen LogP contribution in [-0.2, 0) is 35.5 Å². The molecule has 1 saturated heterocycles. The fraction of sp³-hybridized carbons (Fsp3) is 0.222. The van der Waals surface area contributed by atoms with Gasteiger partial charge >= 0.3 is 16.9 Å². The second kappa shape index (κ2) is 6.68. The molecular formula is C18H16O6S. The maximum absolute atomic E-state index is 13.0. The lowest BCUT2D eigenvalue weighted by molar-refractivity contribution is -0.166. The molecule has 1 aliphatic heterocycles. The first-order valence-electron chi connectivity index (χ1n) is 7.68. The van der Waals surface area contributed by atoms with Crippen molar-refractivity contribution in [1.29, 1.82) is 0 Å². The number of carbonyl (C=O) groups is 2. The number of benzene rings is 2. The molecule has 0 saturated carbocycles. The van der Waals surface area contributed by atoms with Gasteiger partial charge in [0.2, 0.25) is 9.84 Å². The molecule has 0 radical (unpaired) electrons. The summed E-state index contributed by atoms with van der Waals surface area (Å²) in [5, 5.41) is 0. The van der Waals surface area contributed by atoms with E-state index in [9.17, 15) is 18.0 Å². The quantitative estimate of drug-likeness (QED) is 0.760. The molecule has 0 N–H and O–H groups in total. The van der Waals surface area contributed by atoms with Gasteiger partial charge in [-0.1, -0.05) is 48.5 Å². The minimum Gasteiger partial charge on any atom is -0.457 e. The molecule has 3 rings (SSSR count). The van der Waals surface area contributed by atoms with E-state index in [1.165, 1.54) is 24.3 Å².